The van der Waals surface area contributed by atoms with Crippen molar-refractivity contribution in [2.75, 3.05) is 0 Å². The first-order chi connectivity index (χ1) is 11.5. The van der Waals surface area contributed by atoms with Crippen molar-refractivity contribution in [3.8, 4) is 5.75 Å². The fraction of sp³-hybridized carbons (Fsp3) is 0.364. The Labute approximate surface area is 170 Å². The van der Waals surface area contributed by atoms with E-state index in [1.807, 2.05) is 18.2 Å². The zero-order valence-corrected chi connectivity index (χ0v) is 18.8. The molecule has 3 heteroatoms. The molecule has 2 aliphatic rings. The van der Waals surface area contributed by atoms with Crippen molar-refractivity contribution in [3.05, 3.63) is 72.3 Å². The van der Waals surface area contributed by atoms with Gasteiger partial charge in [0.15, 0.2) is 0 Å². The molecule has 0 radical (unpaired) electrons. The van der Waals surface area contributed by atoms with Crippen LogP contribution in [-0.4, -0.2) is 0 Å². The average molecular weight is 434 g/mol. The minimum absolute atomic E-state index is 0. The normalized spacial score (nSPS) is 14.6. The second-order valence-electron chi connectivity index (χ2n) is 6.85. The Hall–Kier alpha value is -0.847. The van der Waals surface area contributed by atoms with E-state index in [4.69, 9.17) is 0 Å². The van der Waals surface area contributed by atoms with Gasteiger partial charge in [0.1, 0.15) is 0 Å². The standard InChI is InChI=1S/C12H18O.2C5H5.ClH.Zr/c1-8(2)10-6-5-7-11(9(3)4)12(10)13;2*1-2-4-5-3-1;;/h5-9,13H,1-4H3;2*1-3H,4H2;1H;/q;;;;+2/p-2. The summed E-state index contributed by atoms with van der Waals surface area (Å²) in [4.78, 5) is 0. The molecule has 132 valence electrons. The third-order valence-electron chi connectivity index (χ3n) is 4.18. The predicted octanol–water partition coefficient (Wildman–Crippen LogP) is 2.77. The van der Waals surface area contributed by atoms with E-state index in [1.165, 1.54) is 12.8 Å². The zero-order valence-electron chi connectivity index (χ0n) is 15.6. The molecule has 0 fully saturated rings. The van der Waals surface area contributed by atoms with E-state index >= 15 is 0 Å². The second-order valence-corrected chi connectivity index (χ2v) is 10.6. The Morgan fingerprint density at radius 2 is 1.28 bits per heavy atom. The molecule has 1 nitrogen and oxygen atoms in total. The summed E-state index contributed by atoms with van der Waals surface area (Å²) in [7, 11) is 0. The minimum atomic E-state index is -0.312. The first-order valence-corrected chi connectivity index (χ1v) is 11.2. The van der Waals surface area contributed by atoms with Gasteiger partial charge in [-0.25, -0.2) is 0 Å². The Bertz CT molecular complexity index is 627. The number of halogens is 1. The molecule has 3 rings (SSSR count). The number of hydrogen-bond acceptors (Lipinski definition) is 1. The number of hydrogen-bond donors (Lipinski definition) is 0. The van der Waals surface area contributed by atoms with Crippen LogP contribution in [0.3, 0.4) is 0 Å². The molecule has 0 atom stereocenters. The van der Waals surface area contributed by atoms with E-state index in [-0.39, 0.29) is 41.4 Å². The number of para-hydroxylation sites is 1. The third-order valence-corrected chi connectivity index (χ3v) is 7.59. The van der Waals surface area contributed by atoms with Crippen LogP contribution in [0.2, 0.25) is 0 Å². The molecule has 0 saturated heterocycles. The smallest absolute Gasteiger partial charge is 0.0225 e. The van der Waals surface area contributed by atoms with Gasteiger partial charge in [0.05, 0.1) is 0 Å². The summed E-state index contributed by atoms with van der Waals surface area (Å²) in [6.45, 7) is 8.23. The SMILES string of the molecule is C1=CC[C]([Zr+2][C]2=CC=CC2)=C1.CC(C)c1cccc(C(C)C)c1[O-].[Cl-]. The van der Waals surface area contributed by atoms with Gasteiger partial charge < -0.3 is 17.5 Å². The molecule has 25 heavy (non-hydrogen) atoms. The predicted molar refractivity (Wildman–Crippen MR) is 97.7 cm³/mol. The molecule has 2 aliphatic carbocycles. The molecule has 0 unspecified atom stereocenters. The molecule has 0 bridgehead atoms. The Balaban J connectivity index is 0.000000243. The van der Waals surface area contributed by atoms with Crippen LogP contribution in [0, 0.1) is 0 Å². The Kier molecular flexibility index (Phi) is 9.76. The maximum Gasteiger partial charge on any atom is -0.0225 e. The molecule has 0 aliphatic heterocycles. The van der Waals surface area contributed by atoms with Crippen LogP contribution in [0.1, 0.15) is 63.5 Å². The maximum absolute atomic E-state index is 11.9. The van der Waals surface area contributed by atoms with Gasteiger partial charge in [-0.2, -0.15) is 0 Å². The van der Waals surface area contributed by atoms with E-state index in [0.717, 1.165) is 11.1 Å². The maximum atomic E-state index is 11.9. The van der Waals surface area contributed by atoms with Crippen molar-refractivity contribution in [1.82, 2.24) is 0 Å². The Morgan fingerprint density at radius 3 is 1.60 bits per heavy atom. The minimum Gasteiger partial charge on any atom is -1.00 e. The van der Waals surface area contributed by atoms with Gasteiger partial charge in [0, 0.05) is 0 Å². The van der Waals surface area contributed by atoms with Crippen LogP contribution in [0.5, 0.6) is 5.75 Å². The zero-order chi connectivity index (χ0) is 17.5. The van der Waals surface area contributed by atoms with Crippen molar-refractivity contribution < 1.29 is 40.7 Å². The van der Waals surface area contributed by atoms with Crippen LogP contribution >= 0.6 is 0 Å². The first-order valence-electron chi connectivity index (χ1n) is 8.77. The fourth-order valence-electron chi connectivity index (χ4n) is 2.77. The number of rotatable bonds is 4. The van der Waals surface area contributed by atoms with E-state index in [2.05, 4.69) is 64.2 Å². The van der Waals surface area contributed by atoms with Crippen LogP contribution in [0.4, 0.5) is 0 Å². The molecule has 0 saturated carbocycles. The van der Waals surface area contributed by atoms with Crippen LogP contribution < -0.4 is 17.5 Å². The molecule has 0 amide bonds. The molecule has 0 spiro atoms. The molecule has 0 N–H and O–H groups in total. The summed E-state index contributed by atoms with van der Waals surface area (Å²) < 4.78 is 3.45. The third kappa shape index (κ3) is 6.76. The van der Waals surface area contributed by atoms with E-state index in [9.17, 15) is 5.11 Å². The van der Waals surface area contributed by atoms with Crippen molar-refractivity contribution in [3.63, 3.8) is 0 Å². The van der Waals surface area contributed by atoms with Crippen molar-refractivity contribution in [1.29, 1.82) is 0 Å². The van der Waals surface area contributed by atoms with Gasteiger partial charge in [-0.05, 0) is 11.8 Å². The van der Waals surface area contributed by atoms with E-state index in [1.54, 1.807) is 6.56 Å². The number of allylic oxidation sites excluding steroid dienone is 8. The topological polar surface area (TPSA) is 23.1 Å². The van der Waals surface area contributed by atoms with Gasteiger partial charge in [0.25, 0.3) is 0 Å². The average Bonchev–Trinajstić information content (AvgIpc) is 3.22. The summed E-state index contributed by atoms with van der Waals surface area (Å²) in [5.41, 5.74) is 1.87. The quantitative estimate of drug-likeness (QED) is 0.715. The molecule has 0 heterocycles. The molecular weight excluding hydrogens is 407 g/mol. The summed E-state index contributed by atoms with van der Waals surface area (Å²) in [5.74, 6) is 0.880. The van der Waals surface area contributed by atoms with Crippen molar-refractivity contribution >= 4 is 0 Å². The van der Waals surface area contributed by atoms with Gasteiger partial charge in [0.2, 0.25) is 0 Å². The van der Waals surface area contributed by atoms with Crippen molar-refractivity contribution in [2.45, 2.75) is 52.4 Å². The fourth-order valence-corrected chi connectivity index (χ4v) is 5.75. The van der Waals surface area contributed by atoms with Crippen molar-refractivity contribution in [2.24, 2.45) is 0 Å². The van der Waals surface area contributed by atoms with E-state index in [0.29, 0.717) is 11.8 Å². The van der Waals surface area contributed by atoms with Gasteiger partial charge >= 0.3 is 79.1 Å². The Morgan fingerprint density at radius 1 is 0.840 bits per heavy atom. The number of benzene rings is 1. The summed E-state index contributed by atoms with van der Waals surface area (Å²) in [5, 5.41) is 11.9. The van der Waals surface area contributed by atoms with E-state index < -0.39 is 0 Å². The monoisotopic (exact) mass is 432 g/mol. The molecule has 1 aromatic carbocycles. The summed E-state index contributed by atoms with van der Waals surface area (Å²) in [6.07, 6.45) is 16.0. The molecule has 1 aromatic rings. The van der Waals surface area contributed by atoms with Gasteiger partial charge in [-0.15, -0.1) is 5.75 Å². The van der Waals surface area contributed by atoms with Crippen LogP contribution in [0.15, 0.2) is 61.2 Å². The van der Waals surface area contributed by atoms with Gasteiger partial charge in [-0.1, -0.05) is 57.0 Å². The molecule has 0 aromatic heterocycles. The largest absolute Gasteiger partial charge is 1.00 e. The molecular formula is C22H27ClOZr. The summed E-state index contributed by atoms with van der Waals surface area (Å²) >= 11 is -0.312. The van der Waals surface area contributed by atoms with Crippen LogP contribution in [-0.2, 0) is 23.2 Å². The van der Waals surface area contributed by atoms with Gasteiger partial charge in [-0.3, -0.25) is 0 Å². The first kappa shape index (κ1) is 22.2. The second kappa shape index (κ2) is 11.0. The summed E-state index contributed by atoms with van der Waals surface area (Å²) in [6, 6.07) is 5.84. The van der Waals surface area contributed by atoms with Crippen LogP contribution in [0.25, 0.3) is 0 Å².